The summed E-state index contributed by atoms with van der Waals surface area (Å²) in [5, 5.41) is 21.3. The van der Waals surface area contributed by atoms with Crippen molar-refractivity contribution in [3.8, 4) is 0 Å². The number of nitrogens with one attached hydrogen (secondary N) is 2. The lowest BCUT2D eigenvalue weighted by Gasteiger charge is -2.06. The smallest absolute Gasteiger partial charge is 0.243 e. The molecular weight excluding hydrogens is 232 g/mol. The van der Waals surface area contributed by atoms with Gasteiger partial charge in [0.15, 0.2) is 11.5 Å². The molecule has 0 aliphatic rings. The van der Waals surface area contributed by atoms with Crippen LogP contribution in [0.15, 0.2) is 18.2 Å². The van der Waals surface area contributed by atoms with Crippen molar-refractivity contribution in [2.75, 3.05) is 5.32 Å². The minimum Gasteiger partial charge on any atom is -0.343 e. The second-order valence-corrected chi connectivity index (χ2v) is 4.01. The van der Waals surface area contributed by atoms with Gasteiger partial charge in [-0.05, 0) is 26.0 Å². The third kappa shape index (κ3) is 1.77. The van der Waals surface area contributed by atoms with Gasteiger partial charge in [0, 0.05) is 5.69 Å². The molecule has 0 amide bonds. The van der Waals surface area contributed by atoms with Crippen molar-refractivity contribution in [1.29, 1.82) is 0 Å². The molecule has 1 atom stereocenters. The molecule has 1 unspecified atom stereocenters. The normalized spacial score (nSPS) is 12.8. The highest BCUT2D eigenvalue weighted by Crippen LogP contribution is 2.13. The first-order chi connectivity index (χ1) is 8.74. The lowest BCUT2D eigenvalue weighted by Crippen LogP contribution is -2.09. The fourth-order valence-electron chi connectivity index (χ4n) is 1.71. The molecule has 92 valence electrons. The van der Waals surface area contributed by atoms with Crippen LogP contribution in [-0.4, -0.2) is 35.2 Å². The Balaban J connectivity index is 1.89. The van der Waals surface area contributed by atoms with E-state index >= 15 is 0 Å². The monoisotopic (exact) mass is 244 g/mol. The summed E-state index contributed by atoms with van der Waals surface area (Å²) in [6.45, 7) is 3.90. The van der Waals surface area contributed by atoms with Crippen molar-refractivity contribution in [1.82, 2.24) is 35.2 Å². The number of hydrogen-bond donors (Lipinski definition) is 2. The summed E-state index contributed by atoms with van der Waals surface area (Å²) >= 11 is 0. The second kappa shape index (κ2) is 4.06. The van der Waals surface area contributed by atoms with Gasteiger partial charge in [0.05, 0.1) is 6.04 Å². The van der Waals surface area contributed by atoms with Gasteiger partial charge in [-0.3, -0.25) is 0 Å². The van der Waals surface area contributed by atoms with Crippen molar-refractivity contribution < 1.29 is 0 Å². The molecule has 8 nitrogen and oxygen atoms in total. The Kier molecular flexibility index (Phi) is 2.40. The average Bonchev–Trinajstić information content (AvgIpc) is 2.97. The highest BCUT2D eigenvalue weighted by molar-refractivity contribution is 5.44. The Labute approximate surface area is 102 Å². The van der Waals surface area contributed by atoms with Crippen LogP contribution in [0.25, 0.3) is 5.65 Å². The summed E-state index contributed by atoms with van der Waals surface area (Å²) in [4.78, 5) is 4.38. The van der Waals surface area contributed by atoms with E-state index in [4.69, 9.17) is 0 Å². The van der Waals surface area contributed by atoms with Gasteiger partial charge in [0.2, 0.25) is 5.95 Å². The van der Waals surface area contributed by atoms with Crippen LogP contribution in [-0.2, 0) is 0 Å². The molecule has 8 heteroatoms. The zero-order valence-electron chi connectivity index (χ0n) is 9.99. The zero-order valence-corrected chi connectivity index (χ0v) is 9.99. The first-order valence-electron chi connectivity index (χ1n) is 5.56. The maximum Gasteiger partial charge on any atom is 0.243 e. The minimum absolute atomic E-state index is 0.110. The lowest BCUT2D eigenvalue weighted by molar-refractivity contribution is 0.777. The average molecular weight is 244 g/mol. The van der Waals surface area contributed by atoms with Gasteiger partial charge in [-0.1, -0.05) is 11.3 Å². The van der Waals surface area contributed by atoms with Crippen LogP contribution in [0.2, 0.25) is 0 Å². The second-order valence-electron chi connectivity index (χ2n) is 4.01. The van der Waals surface area contributed by atoms with Crippen molar-refractivity contribution in [3.05, 3.63) is 29.7 Å². The maximum atomic E-state index is 4.38. The largest absolute Gasteiger partial charge is 0.343 e. The van der Waals surface area contributed by atoms with E-state index in [9.17, 15) is 0 Å². The van der Waals surface area contributed by atoms with Gasteiger partial charge >= 0.3 is 0 Å². The summed E-state index contributed by atoms with van der Waals surface area (Å²) in [6, 6.07) is 5.73. The van der Waals surface area contributed by atoms with Crippen molar-refractivity contribution in [3.63, 3.8) is 0 Å². The van der Waals surface area contributed by atoms with E-state index in [0.717, 1.165) is 11.3 Å². The fraction of sp³-hybridized carbons (Fsp3) is 0.300. The van der Waals surface area contributed by atoms with Crippen LogP contribution in [0, 0.1) is 6.92 Å². The first kappa shape index (κ1) is 10.6. The van der Waals surface area contributed by atoms with Gasteiger partial charge in [-0.25, -0.2) is 4.52 Å². The predicted octanol–water partition coefficient (Wildman–Crippen LogP) is 0.724. The van der Waals surface area contributed by atoms with Crippen molar-refractivity contribution in [2.45, 2.75) is 19.9 Å². The topological polar surface area (TPSA) is 96.7 Å². The van der Waals surface area contributed by atoms with Crippen LogP contribution in [0.4, 0.5) is 5.95 Å². The summed E-state index contributed by atoms with van der Waals surface area (Å²) < 4.78 is 1.78. The molecule has 0 radical (unpaired) electrons. The number of aromatic amines is 1. The molecule has 0 spiro atoms. The Morgan fingerprint density at radius 3 is 3.00 bits per heavy atom. The Morgan fingerprint density at radius 2 is 2.28 bits per heavy atom. The molecule has 0 saturated carbocycles. The first-order valence-corrected chi connectivity index (χ1v) is 5.56. The van der Waals surface area contributed by atoms with Gasteiger partial charge in [-0.2, -0.15) is 10.2 Å². The molecule has 3 heterocycles. The van der Waals surface area contributed by atoms with E-state index in [1.54, 1.807) is 4.52 Å². The molecule has 3 rings (SSSR count). The quantitative estimate of drug-likeness (QED) is 0.704. The van der Waals surface area contributed by atoms with Crippen LogP contribution in [0.1, 0.15) is 24.5 Å². The van der Waals surface area contributed by atoms with E-state index < -0.39 is 0 Å². The molecular formula is C10H12N8. The van der Waals surface area contributed by atoms with E-state index in [2.05, 4.69) is 36.0 Å². The highest BCUT2D eigenvalue weighted by Gasteiger charge is 2.13. The summed E-state index contributed by atoms with van der Waals surface area (Å²) in [6.07, 6.45) is 0. The minimum atomic E-state index is -0.110. The number of H-pyrrole nitrogens is 1. The number of fused-ring (bicyclic) bond motifs is 1. The van der Waals surface area contributed by atoms with E-state index in [1.807, 2.05) is 32.0 Å². The number of hydrogen-bond acceptors (Lipinski definition) is 6. The van der Waals surface area contributed by atoms with E-state index in [0.29, 0.717) is 11.8 Å². The number of pyridine rings is 1. The number of aromatic nitrogens is 7. The molecule has 0 saturated heterocycles. The summed E-state index contributed by atoms with van der Waals surface area (Å²) in [7, 11) is 0. The predicted molar refractivity (Wildman–Crippen MR) is 63.9 cm³/mol. The molecule has 2 N–H and O–H groups in total. The molecule has 0 aromatic carbocycles. The number of aryl methyl sites for hydroxylation is 1. The van der Waals surface area contributed by atoms with Crippen LogP contribution in [0.5, 0.6) is 0 Å². The number of anilines is 1. The molecule has 3 aromatic heterocycles. The number of tetrazole rings is 1. The molecule has 0 fully saturated rings. The molecule has 0 aliphatic carbocycles. The van der Waals surface area contributed by atoms with Crippen LogP contribution < -0.4 is 5.32 Å². The Morgan fingerprint density at radius 1 is 1.39 bits per heavy atom. The Bertz CT molecular complexity index is 656. The van der Waals surface area contributed by atoms with Crippen LogP contribution in [0.3, 0.4) is 0 Å². The third-order valence-electron chi connectivity index (χ3n) is 2.64. The summed E-state index contributed by atoms with van der Waals surface area (Å²) in [5.41, 5.74) is 1.83. The number of rotatable bonds is 3. The third-order valence-corrected chi connectivity index (χ3v) is 2.64. The molecule has 0 bridgehead atoms. The van der Waals surface area contributed by atoms with Gasteiger partial charge < -0.3 is 5.32 Å². The van der Waals surface area contributed by atoms with E-state index in [1.165, 1.54) is 0 Å². The van der Waals surface area contributed by atoms with Gasteiger partial charge in [0.25, 0.3) is 0 Å². The Hall–Kier alpha value is -2.51. The number of nitrogens with zero attached hydrogens (tertiary/aromatic N) is 6. The molecule has 18 heavy (non-hydrogen) atoms. The van der Waals surface area contributed by atoms with Gasteiger partial charge in [0.1, 0.15) is 0 Å². The van der Waals surface area contributed by atoms with E-state index in [-0.39, 0.29) is 6.04 Å². The molecule has 3 aromatic rings. The summed E-state index contributed by atoms with van der Waals surface area (Å²) in [5.74, 6) is 1.12. The highest BCUT2D eigenvalue weighted by atomic mass is 15.5. The van der Waals surface area contributed by atoms with Crippen molar-refractivity contribution in [2.24, 2.45) is 0 Å². The van der Waals surface area contributed by atoms with Crippen LogP contribution >= 0.6 is 0 Å². The zero-order chi connectivity index (χ0) is 12.5. The standard InChI is InChI=1S/C10H12N8/c1-6-4-3-5-8-12-10(15-18(6)8)11-7(2)9-13-16-17-14-9/h3-5,7H,1-2H3,(H,11,15)(H,13,14,16,17). The lowest BCUT2D eigenvalue weighted by atomic mass is 10.3. The fourth-order valence-corrected chi connectivity index (χ4v) is 1.71. The van der Waals surface area contributed by atoms with Gasteiger partial charge in [-0.15, -0.1) is 15.3 Å². The maximum absolute atomic E-state index is 4.38. The van der Waals surface area contributed by atoms with Crippen molar-refractivity contribution >= 4 is 11.6 Å². The SMILES string of the molecule is Cc1cccc2nc(NC(C)c3nn[nH]n3)nn12. The molecule has 0 aliphatic heterocycles.